The number of methoxy groups -OCH3 is 1. The quantitative estimate of drug-likeness (QED) is 0.321. The minimum Gasteiger partial charge on any atom is -0.385 e. The van der Waals surface area contributed by atoms with E-state index in [1.165, 1.54) is 32.1 Å². The highest BCUT2D eigenvalue weighted by Gasteiger charge is 2.47. The Kier molecular flexibility index (Phi) is 11.2. The molecule has 1 aromatic rings. The van der Waals surface area contributed by atoms with Gasteiger partial charge >= 0.3 is 6.03 Å². The van der Waals surface area contributed by atoms with Gasteiger partial charge in [0, 0.05) is 43.3 Å². The third-order valence-corrected chi connectivity index (χ3v) is 8.61. The van der Waals surface area contributed by atoms with Gasteiger partial charge in [-0.1, -0.05) is 55.8 Å². The number of hydrogen-bond donors (Lipinski definition) is 3. The molecular weight excluding hydrogens is 462 g/mol. The first-order valence-electron chi connectivity index (χ1n) is 13.6. The molecule has 6 nitrogen and oxygen atoms in total. The lowest BCUT2D eigenvalue weighted by atomic mass is 9.69. The van der Waals surface area contributed by atoms with E-state index in [-0.39, 0.29) is 18.0 Å². The molecule has 2 fully saturated rings. The molecule has 5 N–H and O–H groups in total. The Balaban J connectivity index is 1.82. The van der Waals surface area contributed by atoms with Gasteiger partial charge in [0.15, 0.2) is 0 Å². The molecule has 1 saturated heterocycles. The van der Waals surface area contributed by atoms with Gasteiger partial charge in [-0.3, -0.25) is 0 Å². The van der Waals surface area contributed by atoms with Gasteiger partial charge in [0.25, 0.3) is 0 Å². The zero-order valence-electron chi connectivity index (χ0n) is 21.5. The summed E-state index contributed by atoms with van der Waals surface area (Å²) in [6, 6.07) is 6.87. The maximum absolute atomic E-state index is 12.5. The fourth-order valence-corrected chi connectivity index (χ4v) is 6.67. The maximum atomic E-state index is 12.5. The molecule has 0 spiro atoms. The van der Waals surface area contributed by atoms with E-state index in [2.05, 4.69) is 0 Å². The van der Waals surface area contributed by atoms with Crippen molar-refractivity contribution >= 4 is 17.6 Å². The second-order valence-corrected chi connectivity index (χ2v) is 11.2. The summed E-state index contributed by atoms with van der Waals surface area (Å²) >= 11 is 6.35. The van der Waals surface area contributed by atoms with Gasteiger partial charge in [-0.15, -0.1) is 0 Å². The fraction of sp³-hybridized carbons (Fsp3) is 0.750. The smallest absolute Gasteiger partial charge is 0.315 e. The molecule has 7 heteroatoms. The van der Waals surface area contributed by atoms with Crippen molar-refractivity contribution < 1.29 is 14.6 Å². The number of aliphatic hydroxyl groups is 1. The van der Waals surface area contributed by atoms with E-state index >= 15 is 0 Å². The van der Waals surface area contributed by atoms with Crippen molar-refractivity contribution in [2.24, 2.45) is 23.3 Å². The van der Waals surface area contributed by atoms with Crippen LogP contribution >= 0.6 is 11.6 Å². The number of halogens is 1. The van der Waals surface area contributed by atoms with E-state index in [4.69, 9.17) is 27.8 Å². The number of likely N-dealkylation sites (tertiary alicyclic amines) is 1. The van der Waals surface area contributed by atoms with Crippen molar-refractivity contribution in [1.82, 2.24) is 4.90 Å². The summed E-state index contributed by atoms with van der Waals surface area (Å²) < 4.78 is 5.24. The lowest BCUT2D eigenvalue weighted by molar-refractivity contribution is -0.0821. The number of ether oxygens (including phenoxy) is 1. The van der Waals surface area contributed by atoms with E-state index in [0.717, 1.165) is 50.0 Å². The highest BCUT2D eigenvalue weighted by molar-refractivity contribution is 6.30. The first-order valence-corrected chi connectivity index (χ1v) is 14.0. The van der Waals surface area contributed by atoms with E-state index in [1.54, 1.807) is 12.0 Å². The molecule has 1 heterocycles. The third-order valence-electron chi connectivity index (χ3n) is 8.37. The van der Waals surface area contributed by atoms with Gasteiger partial charge in [-0.25, -0.2) is 4.79 Å². The highest BCUT2D eigenvalue weighted by atomic mass is 35.5. The number of nitrogens with zero attached hydrogens (tertiary/aromatic N) is 1. The SMILES string of the molecule is COCCCC[C@@](O)(c1cccc(Cl)c1)C1CCCN(C(N)=O)C1C[C@@H](N)CCC1CCCCC1. The zero-order chi connectivity index (χ0) is 25.3. The van der Waals surface area contributed by atoms with Crippen LogP contribution in [0.4, 0.5) is 4.79 Å². The van der Waals surface area contributed by atoms with Crippen LogP contribution in [0.25, 0.3) is 0 Å². The van der Waals surface area contributed by atoms with Crippen molar-refractivity contribution in [3.8, 4) is 0 Å². The molecule has 2 amide bonds. The number of amides is 2. The van der Waals surface area contributed by atoms with E-state index in [9.17, 15) is 9.90 Å². The number of rotatable bonds is 12. The number of benzene rings is 1. The van der Waals surface area contributed by atoms with Gasteiger partial charge < -0.3 is 26.2 Å². The number of carbonyl (C=O) groups excluding carboxylic acids is 1. The van der Waals surface area contributed by atoms with Crippen molar-refractivity contribution in [2.75, 3.05) is 20.3 Å². The van der Waals surface area contributed by atoms with Gasteiger partial charge in [0.1, 0.15) is 0 Å². The first kappa shape index (κ1) is 28.2. The fourth-order valence-electron chi connectivity index (χ4n) is 6.48. The van der Waals surface area contributed by atoms with Crippen LogP contribution in [0.5, 0.6) is 0 Å². The molecule has 2 unspecified atom stereocenters. The number of urea groups is 1. The Labute approximate surface area is 216 Å². The average Bonchev–Trinajstić information content (AvgIpc) is 2.86. The van der Waals surface area contributed by atoms with Crippen LogP contribution < -0.4 is 11.5 Å². The van der Waals surface area contributed by atoms with E-state index in [0.29, 0.717) is 31.0 Å². The van der Waals surface area contributed by atoms with Gasteiger partial charge in [0.2, 0.25) is 0 Å². The predicted octanol–water partition coefficient (Wildman–Crippen LogP) is 5.58. The second kappa shape index (κ2) is 13.8. The van der Waals surface area contributed by atoms with Crippen molar-refractivity contribution in [2.45, 2.75) is 101 Å². The summed E-state index contributed by atoms with van der Waals surface area (Å²) in [6.07, 6.45) is 13.2. The number of nitrogens with two attached hydrogens (primary N) is 2. The largest absolute Gasteiger partial charge is 0.385 e. The minimum absolute atomic E-state index is 0.0264. The van der Waals surface area contributed by atoms with Crippen LogP contribution in [0.1, 0.15) is 89.0 Å². The van der Waals surface area contributed by atoms with Gasteiger partial charge in [-0.05, 0) is 75.0 Å². The van der Waals surface area contributed by atoms with E-state index in [1.807, 2.05) is 24.3 Å². The number of hydrogen-bond acceptors (Lipinski definition) is 4. The van der Waals surface area contributed by atoms with Crippen LogP contribution in [-0.2, 0) is 10.3 Å². The normalized spacial score (nSPS) is 24.2. The number of primary amides is 1. The summed E-state index contributed by atoms with van der Waals surface area (Å²) in [5.74, 6) is 0.610. The zero-order valence-corrected chi connectivity index (χ0v) is 22.2. The third kappa shape index (κ3) is 7.82. The summed E-state index contributed by atoms with van der Waals surface area (Å²) in [4.78, 5) is 14.3. The molecule has 4 atom stereocenters. The Morgan fingerprint density at radius 3 is 2.69 bits per heavy atom. The van der Waals surface area contributed by atoms with Crippen molar-refractivity contribution in [1.29, 1.82) is 0 Å². The van der Waals surface area contributed by atoms with Crippen LogP contribution in [-0.4, -0.2) is 48.4 Å². The summed E-state index contributed by atoms with van der Waals surface area (Å²) in [7, 11) is 1.69. The van der Waals surface area contributed by atoms with Crippen molar-refractivity contribution in [3.05, 3.63) is 34.9 Å². The second-order valence-electron chi connectivity index (χ2n) is 10.8. The van der Waals surface area contributed by atoms with Crippen LogP contribution in [0.3, 0.4) is 0 Å². The summed E-state index contributed by atoms with van der Waals surface area (Å²) in [5.41, 5.74) is 12.2. The molecular formula is C28H46ClN3O3. The molecule has 1 aliphatic carbocycles. The summed E-state index contributed by atoms with van der Waals surface area (Å²) in [5, 5.41) is 12.9. The Bertz CT molecular complexity index is 788. The first-order chi connectivity index (χ1) is 16.8. The molecule has 0 aromatic heterocycles. The van der Waals surface area contributed by atoms with Crippen molar-refractivity contribution in [3.63, 3.8) is 0 Å². The molecule has 1 aliphatic heterocycles. The Morgan fingerprint density at radius 1 is 1.23 bits per heavy atom. The minimum atomic E-state index is -1.12. The highest BCUT2D eigenvalue weighted by Crippen LogP contribution is 2.44. The Morgan fingerprint density at radius 2 is 2.00 bits per heavy atom. The standard InChI is InChI=1S/C28H46ClN3O3/c1-35-18-6-5-16-28(34,22-11-7-12-23(29)19-22)25-13-8-17-32(27(31)33)26(25)20-24(30)15-14-21-9-3-2-4-10-21/h7,11-12,19,21,24-26,34H,2-6,8-10,13-18,20,30H2,1H3,(H2,31,33)/t24-,25?,26?,28+/m0/s1. The average molecular weight is 508 g/mol. The molecule has 0 bridgehead atoms. The topological polar surface area (TPSA) is 102 Å². The van der Waals surface area contributed by atoms with Crippen LogP contribution in [0.2, 0.25) is 5.02 Å². The van der Waals surface area contributed by atoms with Crippen LogP contribution in [0.15, 0.2) is 24.3 Å². The molecule has 35 heavy (non-hydrogen) atoms. The summed E-state index contributed by atoms with van der Waals surface area (Å²) in [6.45, 7) is 1.26. The molecule has 2 aliphatic rings. The monoisotopic (exact) mass is 507 g/mol. The van der Waals surface area contributed by atoms with Gasteiger partial charge in [-0.2, -0.15) is 0 Å². The lowest BCUT2D eigenvalue weighted by Crippen LogP contribution is -2.57. The predicted molar refractivity (Wildman–Crippen MR) is 142 cm³/mol. The number of carbonyl (C=O) groups is 1. The Hall–Kier alpha value is -1.34. The molecule has 0 radical (unpaired) electrons. The molecule has 198 valence electrons. The number of piperidine rings is 1. The van der Waals surface area contributed by atoms with Crippen LogP contribution in [0, 0.1) is 11.8 Å². The molecule has 1 saturated carbocycles. The number of unbranched alkanes of at least 4 members (excludes halogenated alkanes) is 1. The van der Waals surface area contributed by atoms with Gasteiger partial charge in [0.05, 0.1) is 5.60 Å². The van der Waals surface area contributed by atoms with E-state index < -0.39 is 11.6 Å². The maximum Gasteiger partial charge on any atom is 0.315 e. The molecule has 1 aromatic carbocycles. The lowest BCUT2D eigenvalue weighted by Gasteiger charge is -2.49. The molecule has 3 rings (SSSR count).